The Balaban J connectivity index is 1.96. The Morgan fingerprint density at radius 3 is 1.58 bits per heavy atom. The fourth-order valence-corrected chi connectivity index (χ4v) is 4.69. The van der Waals surface area contributed by atoms with E-state index >= 15 is 0 Å². The van der Waals surface area contributed by atoms with Crippen LogP contribution in [0.3, 0.4) is 0 Å². The van der Waals surface area contributed by atoms with Crippen LogP contribution in [0.15, 0.2) is 54.6 Å². The minimum absolute atomic E-state index is 0.368. The highest BCUT2D eigenvalue weighted by molar-refractivity contribution is 6.45. The maximum absolute atomic E-state index is 10.9. The van der Waals surface area contributed by atoms with Gasteiger partial charge in [-0.1, -0.05) is 48.5 Å². The largest absolute Gasteiger partial charge is 0.288 e. The summed E-state index contributed by atoms with van der Waals surface area (Å²) >= 11 is 0. The molecule has 0 aliphatic carbocycles. The van der Waals surface area contributed by atoms with E-state index in [4.69, 9.17) is 0 Å². The molecule has 6 aromatic rings. The van der Waals surface area contributed by atoms with Crippen LogP contribution < -0.4 is 5.06 Å². The fraction of sp³-hybridized carbons (Fsp3) is 0.167. The summed E-state index contributed by atoms with van der Waals surface area (Å²) in [5.41, 5.74) is 0.512. The van der Waals surface area contributed by atoms with Crippen molar-refractivity contribution >= 4 is 59.5 Å². The van der Waals surface area contributed by atoms with Gasteiger partial charge in [0.2, 0.25) is 0 Å². The van der Waals surface area contributed by atoms with E-state index < -0.39 is 0 Å². The van der Waals surface area contributed by atoms with Crippen molar-refractivity contribution in [2.75, 3.05) is 5.06 Å². The highest BCUT2D eigenvalue weighted by Gasteiger charge is 2.26. The van der Waals surface area contributed by atoms with Gasteiger partial charge in [0.25, 0.3) is 0 Å². The van der Waals surface area contributed by atoms with Crippen molar-refractivity contribution in [1.29, 1.82) is 0 Å². The first-order chi connectivity index (χ1) is 12.4. The monoisotopic (exact) mass is 337 g/mol. The lowest BCUT2D eigenvalue weighted by Crippen LogP contribution is -2.38. The molecule has 0 aliphatic rings. The number of hydrogen-bond donors (Lipinski definition) is 1. The van der Waals surface area contributed by atoms with Gasteiger partial charge in [0.15, 0.2) is 0 Å². The number of rotatable bonds is 1. The lowest BCUT2D eigenvalue weighted by atomic mass is 9.96. The molecule has 0 atom stereocenters. The Kier molecular flexibility index (Phi) is 2.36. The van der Waals surface area contributed by atoms with Gasteiger partial charge in [-0.3, -0.25) is 10.3 Å². The Morgan fingerprint density at radius 2 is 1.04 bits per heavy atom. The average molecular weight is 337 g/mol. The Morgan fingerprint density at radius 1 is 0.615 bits per heavy atom. The molecule has 0 bridgehead atoms. The number of anilines is 1. The third-order valence-electron chi connectivity index (χ3n) is 5.86. The minimum atomic E-state index is -0.368. The van der Waals surface area contributed by atoms with Gasteiger partial charge in [-0.05, 0) is 69.9 Å². The molecule has 26 heavy (non-hydrogen) atoms. The van der Waals surface area contributed by atoms with Crippen LogP contribution in [0.1, 0.15) is 20.8 Å². The molecule has 0 fully saturated rings. The summed E-state index contributed by atoms with van der Waals surface area (Å²) in [6.07, 6.45) is 0. The quantitative estimate of drug-likeness (QED) is 0.265. The third-order valence-corrected chi connectivity index (χ3v) is 5.86. The molecule has 2 heteroatoms. The van der Waals surface area contributed by atoms with Gasteiger partial charge in [0.1, 0.15) is 0 Å². The summed E-state index contributed by atoms with van der Waals surface area (Å²) in [4.78, 5) is 0. The lowest BCUT2D eigenvalue weighted by Gasteiger charge is -2.32. The van der Waals surface area contributed by atoms with Crippen LogP contribution in [0.4, 0.5) is 5.69 Å². The molecule has 0 aliphatic heterocycles. The molecular weight excluding hydrogens is 318 g/mol. The van der Waals surface area contributed by atoms with E-state index in [9.17, 15) is 5.21 Å². The number of hydrogen-bond acceptors (Lipinski definition) is 2. The summed E-state index contributed by atoms with van der Waals surface area (Å²) in [6.45, 7) is 6.08. The minimum Gasteiger partial charge on any atom is -0.288 e. The zero-order valence-corrected chi connectivity index (χ0v) is 15.1. The third kappa shape index (κ3) is 1.52. The van der Waals surface area contributed by atoms with Crippen molar-refractivity contribution in [3.63, 3.8) is 0 Å². The normalized spacial score (nSPS) is 13.4. The fourth-order valence-electron chi connectivity index (χ4n) is 4.69. The Hall–Kier alpha value is -2.84. The predicted molar refractivity (Wildman–Crippen MR) is 112 cm³/mol. The lowest BCUT2D eigenvalue weighted by molar-refractivity contribution is 0.182. The van der Waals surface area contributed by atoms with Crippen molar-refractivity contribution in [2.24, 2.45) is 0 Å². The van der Waals surface area contributed by atoms with E-state index in [2.05, 4.69) is 54.6 Å². The van der Waals surface area contributed by atoms with Gasteiger partial charge < -0.3 is 0 Å². The van der Waals surface area contributed by atoms with Gasteiger partial charge in [0.05, 0.1) is 11.2 Å². The molecule has 0 radical (unpaired) electrons. The summed E-state index contributed by atoms with van der Waals surface area (Å²) < 4.78 is 0. The molecule has 0 unspecified atom stereocenters. The zero-order chi connectivity index (χ0) is 17.8. The molecule has 1 N–H and O–H groups in total. The first-order valence-electron chi connectivity index (χ1n) is 9.12. The molecule has 0 aromatic heterocycles. The van der Waals surface area contributed by atoms with Crippen molar-refractivity contribution in [3.8, 4) is 0 Å². The van der Waals surface area contributed by atoms with Crippen LogP contribution in [0.5, 0.6) is 0 Å². The molecule has 0 spiro atoms. The van der Waals surface area contributed by atoms with Gasteiger partial charge in [-0.15, -0.1) is 0 Å². The van der Waals surface area contributed by atoms with Crippen LogP contribution in [0, 0.1) is 0 Å². The molecule has 126 valence electrons. The SMILES string of the molecule is CC(C)(C)N(O)c1cc2ccc3ccc4ccc5ccc1c1c5c4c3c21. The maximum atomic E-state index is 10.9. The van der Waals surface area contributed by atoms with Crippen molar-refractivity contribution in [1.82, 2.24) is 0 Å². The second-order valence-corrected chi connectivity index (χ2v) is 8.46. The number of benzene rings is 5. The number of nitrogens with zero attached hydrogens (tertiary/aromatic N) is 1. The van der Waals surface area contributed by atoms with Gasteiger partial charge in [0, 0.05) is 10.8 Å². The van der Waals surface area contributed by atoms with Crippen molar-refractivity contribution in [2.45, 2.75) is 26.3 Å². The molecule has 0 saturated heterocycles. The van der Waals surface area contributed by atoms with E-state index in [-0.39, 0.29) is 5.54 Å². The van der Waals surface area contributed by atoms with Crippen LogP contribution >= 0.6 is 0 Å². The predicted octanol–water partition coefficient (Wildman–Crippen LogP) is 6.76. The molecule has 0 heterocycles. The average Bonchev–Trinajstić information content (AvgIpc) is 3.00. The zero-order valence-electron chi connectivity index (χ0n) is 15.1. The van der Waals surface area contributed by atoms with E-state index in [1.165, 1.54) is 53.5 Å². The Labute approximate surface area is 151 Å². The summed E-state index contributed by atoms with van der Waals surface area (Å²) in [7, 11) is 0. The Bertz CT molecular complexity index is 1380. The van der Waals surface area contributed by atoms with Gasteiger partial charge >= 0.3 is 0 Å². The molecule has 0 amide bonds. The van der Waals surface area contributed by atoms with Gasteiger partial charge in [-0.2, -0.15) is 0 Å². The number of hydroxylamine groups is 1. The first kappa shape index (κ1) is 14.3. The summed E-state index contributed by atoms with van der Waals surface area (Å²) in [5, 5.41) is 25.2. The molecule has 2 nitrogen and oxygen atoms in total. The van der Waals surface area contributed by atoms with Crippen molar-refractivity contribution < 1.29 is 5.21 Å². The second-order valence-electron chi connectivity index (χ2n) is 8.46. The van der Waals surface area contributed by atoms with Crippen LogP contribution in [0.25, 0.3) is 53.9 Å². The van der Waals surface area contributed by atoms with Crippen LogP contribution in [-0.4, -0.2) is 10.7 Å². The van der Waals surface area contributed by atoms with E-state index in [1.807, 2.05) is 20.8 Å². The first-order valence-corrected chi connectivity index (χ1v) is 9.12. The van der Waals surface area contributed by atoms with E-state index in [1.54, 1.807) is 0 Å². The van der Waals surface area contributed by atoms with Gasteiger partial charge in [-0.25, -0.2) is 0 Å². The van der Waals surface area contributed by atoms with Crippen LogP contribution in [-0.2, 0) is 0 Å². The standard InChI is InChI=1S/C24H19NO/c1-24(2,3)25(26)18-12-16-9-8-14-5-4-13-6-7-15-10-11-17(18)23-21(15)19(13)20(14)22(16)23/h4-12,26H,1-3H3. The highest BCUT2D eigenvalue weighted by Crippen LogP contribution is 2.50. The summed E-state index contributed by atoms with van der Waals surface area (Å²) in [5.74, 6) is 0. The highest BCUT2D eigenvalue weighted by atomic mass is 16.5. The summed E-state index contributed by atoms with van der Waals surface area (Å²) in [6, 6.07) is 19.8. The second kappa shape index (κ2) is 4.28. The molecular formula is C24H19NO. The smallest absolute Gasteiger partial charge is 0.0725 e. The molecule has 6 aromatic carbocycles. The van der Waals surface area contributed by atoms with Crippen molar-refractivity contribution in [3.05, 3.63) is 54.6 Å². The molecule has 0 saturated carbocycles. The van der Waals surface area contributed by atoms with E-state index in [0.29, 0.717) is 0 Å². The maximum Gasteiger partial charge on any atom is 0.0725 e. The topological polar surface area (TPSA) is 23.5 Å². The molecule has 6 rings (SSSR count). The van der Waals surface area contributed by atoms with Crippen LogP contribution in [0.2, 0.25) is 0 Å². The van der Waals surface area contributed by atoms with E-state index in [0.717, 1.165) is 11.1 Å².